The van der Waals surface area contributed by atoms with Crippen LogP contribution in [0.5, 0.6) is 0 Å². The van der Waals surface area contributed by atoms with Gasteiger partial charge < -0.3 is 20.4 Å². The van der Waals surface area contributed by atoms with Crippen molar-refractivity contribution in [3.05, 3.63) is 18.5 Å². The zero-order valence-electron chi connectivity index (χ0n) is 14.5. The molecule has 130 valence electrons. The van der Waals surface area contributed by atoms with Crippen molar-refractivity contribution in [2.75, 3.05) is 59.9 Å². The predicted molar refractivity (Wildman–Crippen MR) is 94.8 cm³/mol. The van der Waals surface area contributed by atoms with Crippen molar-refractivity contribution in [1.82, 2.24) is 30.2 Å². The first kappa shape index (κ1) is 17.7. The summed E-state index contributed by atoms with van der Waals surface area (Å²) >= 11 is 0. The van der Waals surface area contributed by atoms with Gasteiger partial charge in [-0.3, -0.25) is 9.67 Å². The lowest BCUT2D eigenvalue weighted by molar-refractivity contribution is 0.280. The SMILES string of the molecule is CN=C(NCCCn1cccn1)NCCN1CCCN(C)CC1. The monoisotopic (exact) mass is 321 g/mol. The first-order valence-corrected chi connectivity index (χ1v) is 8.61. The Balaban J connectivity index is 1.55. The minimum atomic E-state index is 0.886. The van der Waals surface area contributed by atoms with Gasteiger partial charge in [-0.15, -0.1) is 0 Å². The summed E-state index contributed by atoms with van der Waals surface area (Å²) in [6.45, 7) is 8.57. The highest BCUT2D eigenvalue weighted by molar-refractivity contribution is 5.79. The summed E-state index contributed by atoms with van der Waals surface area (Å²) in [4.78, 5) is 9.22. The van der Waals surface area contributed by atoms with Crippen LogP contribution >= 0.6 is 0 Å². The van der Waals surface area contributed by atoms with Crippen molar-refractivity contribution < 1.29 is 0 Å². The van der Waals surface area contributed by atoms with E-state index in [1.807, 2.05) is 30.2 Å². The van der Waals surface area contributed by atoms with Gasteiger partial charge >= 0.3 is 0 Å². The van der Waals surface area contributed by atoms with Crippen LogP contribution in [-0.2, 0) is 6.54 Å². The standard InChI is InChI=1S/C16H31N7/c1-17-16(18-6-3-11-23-12-4-7-20-23)19-8-13-22-10-5-9-21(2)14-15-22/h4,7,12H,3,5-6,8-11,13-15H2,1-2H3,(H2,17,18,19). The molecule has 1 aromatic rings. The van der Waals surface area contributed by atoms with Crippen LogP contribution in [0.25, 0.3) is 0 Å². The van der Waals surface area contributed by atoms with Gasteiger partial charge in [0.15, 0.2) is 5.96 Å². The molecule has 0 bridgehead atoms. The van der Waals surface area contributed by atoms with Crippen LogP contribution < -0.4 is 10.6 Å². The quantitative estimate of drug-likeness (QED) is 0.423. The number of hydrogen-bond acceptors (Lipinski definition) is 4. The van der Waals surface area contributed by atoms with E-state index in [-0.39, 0.29) is 0 Å². The van der Waals surface area contributed by atoms with Gasteiger partial charge in [0, 0.05) is 58.7 Å². The molecule has 2 heterocycles. The van der Waals surface area contributed by atoms with Crippen molar-refractivity contribution in [1.29, 1.82) is 0 Å². The largest absolute Gasteiger partial charge is 0.356 e. The molecule has 0 spiro atoms. The molecule has 0 radical (unpaired) electrons. The van der Waals surface area contributed by atoms with Gasteiger partial charge in [-0.1, -0.05) is 0 Å². The normalized spacial score (nSPS) is 17.9. The van der Waals surface area contributed by atoms with Crippen LogP contribution in [0.15, 0.2) is 23.5 Å². The van der Waals surface area contributed by atoms with Gasteiger partial charge in [-0.05, 0) is 39.0 Å². The fourth-order valence-corrected chi connectivity index (χ4v) is 2.76. The molecule has 0 unspecified atom stereocenters. The number of nitrogens with one attached hydrogen (secondary N) is 2. The molecule has 1 aromatic heterocycles. The van der Waals surface area contributed by atoms with Crippen molar-refractivity contribution in [2.24, 2.45) is 4.99 Å². The van der Waals surface area contributed by atoms with Crippen LogP contribution in [0.4, 0.5) is 0 Å². The average molecular weight is 321 g/mol. The number of aliphatic imine (C=N–C) groups is 1. The van der Waals surface area contributed by atoms with E-state index in [1.54, 1.807) is 0 Å². The van der Waals surface area contributed by atoms with Crippen molar-refractivity contribution >= 4 is 5.96 Å². The Morgan fingerprint density at radius 3 is 2.78 bits per heavy atom. The molecule has 0 saturated carbocycles. The third kappa shape index (κ3) is 7.00. The van der Waals surface area contributed by atoms with Crippen LogP contribution in [0.2, 0.25) is 0 Å². The van der Waals surface area contributed by atoms with Crippen LogP contribution in [-0.4, -0.2) is 85.4 Å². The summed E-state index contributed by atoms with van der Waals surface area (Å²) in [5, 5.41) is 11.0. The summed E-state index contributed by atoms with van der Waals surface area (Å²) in [7, 11) is 4.03. The highest BCUT2D eigenvalue weighted by atomic mass is 15.3. The number of rotatable bonds is 7. The summed E-state index contributed by atoms with van der Waals surface area (Å²) in [6.07, 6.45) is 6.10. The number of hydrogen-bond donors (Lipinski definition) is 2. The lowest BCUT2D eigenvalue weighted by Crippen LogP contribution is -2.42. The highest BCUT2D eigenvalue weighted by Gasteiger charge is 2.11. The molecular formula is C16H31N7. The van der Waals surface area contributed by atoms with Gasteiger partial charge in [0.05, 0.1) is 0 Å². The molecular weight excluding hydrogens is 290 g/mol. The lowest BCUT2D eigenvalue weighted by Gasteiger charge is -2.21. The van der Waals surface area contributed by atoms with E-state index in [2.05, 4.69) is 37.6 Å². The van der Waals surface area contributed by atoms with Crippen LogP contribution in [0.3, 0.4) is 0 Å². The molecule has 0 atom stereocenters. The molecule has 2 N–H and O–H groups in total. The average Bonchev–Trinajstić information content (AvgIpc) is 2.99. The van der Waals surface area contributed by atoms with Gasteiger partial charge in [0.2, 0.25) is 0 Å². The van der Waals surface area contributed by atoms with Crippen molar-refractivity contribution in [3.8, 4) is 0 Å². The van der Waals surface area contributed by atoms with E-state index < -0.39 is 0 Å². The molecule has 0 amide bonds. The zero-order chi connectivity index (χ0) is 16.3. The molecule has 7 nitrogen and oxygen atoms in total. The zero-order valence-corrected chi connectivity index (χ0v) is 14.5. The van der Waals surface area contributed by atoms with E-state index >= 15 is 0 Å². The Morgan fingerprint density at radius 2 is 2.00 bits per heavy atom. The number of likely N-dealkylation sites (N-methyl/N-ethyl adjacent to an activating group) is 1. The van der Waals surface area contributed by atoms with E-state index in [9.17, 15) is 0 Å². The smallest absolute Gasteiger partial charge is 0.191 e. The van der Waals surface area contributed by atoms with Gasteiger partial charge in [0.1, 0.15) is 0 Å². The predicted octanol–water partition coefficient (Wildman–Crippen LogP) is 0.0757. The minimum Gasteiger partial charge on any atom is -0.356 e. The maximum Gasteiger partial charge on any atom is 0.191 e. The number of aromatic nitrogens is 2. The maximum absolute atomic E-state index is 4.28. The summed E-state index contributed by atoms with van der Waals surface area (Å²) in [5.74, 6) is 0.886. The van der Waals surface area contributed by atoms with Crippen LogP contribution in [0.1, 0.15) is 12.8 Å². The van der Waals surface area contributed by atoms with Gasteiger partial charge in [0.25, 0.3) is 0 Å². The molecule has 1 fully saturated rings. The third-order valence-corrected chi connectivity index (χ3v) is 4.17. The Hall–Kier alpha value is -1.60. The molecule has 7 heteroatoms. The number of nitrogens with zero attached hydrogens (tertiary/aromatic N) is 5. The van der Waals surface area contributed by atoms with Crippen LogP contribution in [0, 0.1) is 0 Å². The van der Waals surface area contributed by atoms with Crippen molar-refractivity contribution in [2.45, 2.75) is 19.4 Å². The molecule has 1 aliphatic heterocycles. The van der Waals surface area contributed by atoms with E-state index in [1.165, 1.54) is 26.1 Å². The Bertz CT molecular complexity index is 443. The molecule has 1 saturated heterocycles. The number of aryl methyl sites for hydroxylation is 1. The first-order valence-electron chi connectivity index (χ1n) is 8.61. The minimum absolute atomic E-state index is 0.886. The maximum atomic E-state index is 4.28. The van der Waals surface area contributed by atoms with E-state index in [0.717, 1.165) is 45.1 Å². The van der Waals surface area contributed by atoms with Crippen molar-refractivity contribution in [3.63, 3.8) is 0 Å². The summed E-state index contributed by atoms with van der Waals surface area (Å²) < 4.78 is 1.95. The highest BCUT2D eigenvalue weighted by Crippen LogP contribution is 1.99. The fourth-order valence-electron chi connectivity index (χ4n) is 2.76. The summed E-state index contributed by atoms with van der Waals surface area (Å²) in [6, 6.07) is 1.95. The van der Waals surface area contributed by atoms with Gasteiger partial charge in [-0.2, -0.15) is 5.10 Å². The Labute approximate surface area is 139 Å². The molecule has 23 heavy (non-hydrogen) atoms. The topological polar surface area (TPSA) is 60.7 Å². The third-order valence-electron chi connectivity index (χ3n) is 4.17. The fraction of sp³-hybridized carbons (Fsp3) is 0.750. The van der Waals surface area contributed by atoms with Gasteiger partial charge in [-0.25, -0.2) is 0 Å². The molecule has 2 rings (SSSR count). The summed E-state index contributed by atoms with van der Waals surface area (Å²) in [5.41, 5.74) is 0. The Morgan fingerprint density at radius 1 is 1.13 bits per heavy atom. The second-order valence-corrected chi connectivity index (χ2v) is 6.05. The molecule has 0 aromatic carbocycles. The second kappa shape index (κ2) is 10.2. The second-order valence-electron chi connectivity index (χ2n) is 6.05. The number of guanidine groups is 1. The lowest BCUT2D eigenvalue weighted by atomic mass is 10.4. The molecule has 1 aliphatic rings. The van der Waals surface area contributed by atoms with E-state index in [4.69, 9.17) is 0 Å². The van der Waals surface area contributed by atoms with E-state index in [0.29, 0.717) is 0 Å². The first-order chi connectivity index (χ1) is 11.3. The molecule has 0 aliphatic carbocycles. The Kier molecular flexibility index (Phi) is 7.89.